The van der Waals surface area contributed by atoms with Crippen LogP contribution in [0.5, 0.6) is 0 Å². The third-order valence-electron chi connectivity index (χ3n) is 3.34. The van der Waals surface area contributed by atoms with E-state index in [4.69, 9.17) is 4.74 Å². The zero-order valence-corrected chi connectivity index (χ0v) is 12.4. The van der Waals surface area contributed by atoms with Crippen molar-refractivity contribution in [1.29, 1.82) is 0 Å². The molecule has 0 radical (unpaired) electrons. The predicted molar refractivity (Wildman–Crippen MR) is 85.6 cm³/mol. The smallest absolute Gasteiger partial charge is 0.248 e. The van der Waals surface area contributed by atoms with Crippen LogP contribution >= 0.6 is 0 Å². The molecule has 5 heteroatoms. The third kappa shape index (κ3) is 4.97. The van der Waals surface area contributed by atoms with E-state index in [0.29, 0.717) is 6.54 Å². The molecule has 0 aliphatic rings. The molecule has 3 N–H and O–H groups in total. The normalized spacial score (nSPS) is 11.1. The molecule has 0 atom stereocenters. The molecule has 0 saturated heterocycles. The quantitative estimate of drug-likeness (QED) is 0.608. The molecule has 114 valence electrons. The van der Waals surface area contributed by atoms with Gasteiger partial charge in [0.15, 0.2) is 0 Å². The van der Waals surface area contributed by atoms with Gasteiger partial charge >= 0.3 is 0 Å². The van der Waals surface area contributed by atoms with Gasteiger partial charge in [0, 0.05) is 37.2 Å². The highest BCUT2D eigenvalue weighted by molar-refractivity contribution is 5.81. The molecule has 2 aromatic rings. The summed E-state index contributed by atoms with van der Waals surface area (Å²) in [6, 6.07) is 9.56. The summed E-state index contributed by atoms with van der Waals surface area (Å²) < 4.78 is 4.97. The topological polar surface area (TPSA) is 66.2 Å². The molecule has 0 fully saturated rings. The Bertz CT molecular complexity index is 610. The van der Waals surface area contributed by atoms with Crippen molar-refractivity contribution in [2.45, 2.75) is 13.0 Å². The highest BCUT2D eigenvalue weighted by Gasteiger charge is 2.02. The molecule has 5 nitrogen and oxygen atoms in total. The largest absolute Gasteiger partial charge is 0.383 e. The molecule has 0 aliphatic heterocycles. The van der Waals surface area contributed by atoms with Gasteiger partial charge in [0.25, 0.3) is 0 Å². The summed E-state index contributed by atoms with van der Waals surface area (Å²) in [7, 11) is 1.70. The molecule has 0 bridgehead atoms. The predicted octanol–water partition coefficient (Wildman–Crippen LogP) is 1.24. The van der Waals surface area contributed by atoms with Gasteiger partial charge < -0.3 is 20.4 Å². The Morgan fingerprint density at radius 2 is 1.95 bits per heavy atom. The molecular weight excluding hydrogens is 266 g/mol. The van der Waals surface area contributed by atoms with Gasteiger partial charge in [-0.25, -0.2) is 0 Å². The molecule has 1 aromatic heterocycles. The van der Waals surface area contributed by atoms with E-state index in [0.717, 1.165) is 49.1 Å². The lowest BCUT2D eigenvalue weighted by molar-refractivity contribution is 0.199. The first-order valence-electron chi connectivity index (χ1n) is 7.32. The van der Waals surface area contributed by atoms with Gasteiger partial charge in [-0.1, -0.05) is 18.2 Å². The van der Waals surface area contributed by atoms with E-state index >= 15 is 0 Å². The fourth-order valence-electron chi connectivity index (χ4n) is 2.28. The summed E-state index contributed by atoms with van der Waals surface area (Å²) in [5.41, 5.74) is 1.89. The maximum Gasteiger partial charge on any atom is 0.248 e. The van der Waals surface area contributed by atoms with Crippen molar-refractivity contribution in [2.75, 3.05) is 33.4 Å². The van der Waals surface area contributed by atoms with Crippen LogP contribution in [0.15, 0.2) is 35.1 Å². The number of ether oxygens (including phenoxy) is 1. The van der Waals surface area contributed by atoms with Crippen LogP contribution in [0.3, 0.4) is 0 Å². The molecule has 0 saturated carbocycles. The second-order valence-electron chi connectivity index (χ2n) is 4.98. The second kappa shape index (κ2) is 8.56. The van der Waals surface area contributed by atoms with Gasteiger partial charge in [0.05, 0.1) is 6.61 Å². The average Bonchev–Trinajstić information content (AvgIpc) is 2.49. The van der Waals surface area contributed by atoms with Gasteiger partial charge in [-0.3, -0.25) is 4.79 Å². The lowest BCUT2D eigenvalue weighted by atomic mass is 10.1. The lowest BCUT2D eigenvalue weighted by Gasteiger charge is -2.08. The fourth-order valence-corrected chi connectivity index (χ4v) is 2.28. The number of hydrogen-bond donors (Lipinski definition) is 3. The Kier molecular flexibility index (Phi) is 6.40. The molecule has 1 aromatic carbocycles. The molecule has 0 aliphatic carbocycles. The van der Waals surface area contributed by atoms with Gasteiger partial charge in [-0.05, 0) is 31.1 Å². The average molecular weight is 289 g/mol. The molecule has 0 amide bonds. The summed E-state index contributed by atoms with van der Waals surface area (Å²) in [6.45, 7) is 4.22. The van der Waals surface area contributed by atoms with Crippen molar-refractivity contribution >= 4 is 10.9 Å². The van der Waals surface area contributed by atoms with Gasteiger partial charge in [-0.2, -0.15) is 0 Å². The standard InChI is InChI=1S/C16H23N3O2/c1-21-10-9-17-7-4-8-18-12-13-11-16(20)19-15-6-3-2-5-14(13)15/h2-3,5-6,11,17-18H,4,7-10,12H2,1H3,(H,19,20). The highest BCUT2D eigenvalue weighted by atomic mass is 16.5. The summed E-state index contributed by atoms with van der Waals surface area (Å²) in [5, 5.41) is 7.79. The number of pyridine rings is 1. The monoisotopic (exact) mass is 289 g/mol. The Balaban J connectivity index is 1.80. The van der Waals surface area contributed by atoms with Crippen molar-refractivity contribution in [3.63, 3.8) is 0 Å². The van der Waals surface area contributed by atoms with E-state index in [1.165, 1.54) is 0 Å². The number of aromatic nitrogens is 1. The first-order chi connectivity index (χ1) is 10.3. The minimum absolute atomic E-state index is 0.0493. The van der Waals surface area contributed by atoms with Crippen LogP contribution in [0.2, 0.25) is 0 Å². The van der Waals surface area contributed by atoms with Crippen molar-refractivity contribution in [3.05, 3.63) is 46.2 Å². The number of rotatable bonds is 9. The van der Waals surface area contributed by atoms with Crippen LogP contribution in [0, 0.1) is 0 Å². The van der Waals surface area contributed by atoms with E-state index in [1.54, 1.807) is 13.2 Å². The molecule has 0 spiro atoms. The van der Waals surface area contributed by atoms with Crippen LogP contribution in [0.4, 0.5) is 0 Å². The fraction of sp³-hybridized carbons (Fsp3) is 0.438. The summed E-state index contributed by atoms with van der Waals surface area (Å²) in [6.07, 6.45) is 1.05. The Morgan fingerprint density at radius 1 is 1.14 bits per heavy atom. The molecule has 0 unspecified atom stereocenters. The first kappa shape index (κ1) is 15.7. The molecule has 1 heterocycles. The van der Waals surface area contributed by atoms with E-state index < -0.39 is 0 Å². The zero-order chi connectivity index (χ0) is 14.9. The minimum Gasteiger partial charge on any atom is -0.383 e. The van der Waals surface area contributed by atoms with Crippen molar-refractivity contribution in [2.24, 2.45) is 0 Å². The van der Waals surface area contributed by atoms with Crippen molar-refractivity contribution in [3.8, 4) is 0 Å². The Morgan fingerprint density at radius 3 is 2.81 bits per heavy atom. The van der Waals surface area contributed by atoms with E-state index in [9.17, 15) is 4.79 Å². The van der Waals surface area contributed by atoms with Crippen LogP contribution in [0.25, 0.3) is 10.9 Å². The summed E-state index contributed by atoms with van der Waals surface area (Å²) in [4.78, 5) is 14.5. The van der Waals surface area contributed by atoms with Crippen molar-refractivity contribution < 1.29 is 4.74 Å². The minimum atomic E-state index is -0.0493. The zero-order valence-electron chi connectivity index (χ0n) is 12.4. The number of H-pyrrole nitrogens is 1. The molecule has 2 rings (SSSR count). The molecular formula is C16H23N3O2. The number of aromatic amines is 1. The Hall–Kier alpha value is -1.69. The van der Waals surface area contributed by atoms with Crippen molar-refractivity contribution in [1.82, 2.24) is 15.6 Å². The summed E-state index contributed by atoms with van der Waals surface area (Å²) in [5.74, 6) is 0. The maximum absolute atomic E-state index is 11.6. The van der Waals surface area contributed by atoms with Crippen LogP contribution in [-0.4, -0.2) is 38.3 Å². The van der Waals surface area contributed by atoms with Gasteiger partial charge in [0.1, 0.15) is 0 Å². The van der Waals surface area contributed by atoms with E-state index in [2.05, 4.69) is 15.6 Å². The number of nitrogens with one attached hydrogen (secondary N) is 3. The maximum atomic E-state index is 11.6. The Labute approximate surface area is 124 Å². The lowest BCUT2D eigenvalue weighted by Crippen LogP contribution is -2.24. The number of methoxy groups -OCH3 is 1. The van der Waals surface area contributed by atoms with Gasteiger partial charge in [0.2, 0.25) is 5.56 Å². The number of para-hydroxylation sites is 1. The van der Waals surface area contributed by atoms with E-state index in [-0.39, 0.29) is 5.56 Å². The third-order valence-corrected chi connectivity index (χ3v) is 3.34. The van der Waals surface area contributed by atoms with E-state index in [1.807, 2.05) is 24.3 Å². The second-order valence-corrected chi connectivity index (χ2v) is 4.98. The summed E-state index contributed by atoms with van der Waals surface area (Å²) >= 11 is 0. The number of benzene rings is 1. The van der Waals surface area contributed by atoms with Crippen LogP contribution in [0.1, 0.15) is 12.0 Å². The van der Waals surface area contributed by atoms with Crippen LogP contribution in [-0.2, 0) is 11.3 Å². The van der Waals surface area contributed by atoms with Gasteiger partial charge in [-0.15, -0.1) is 0 Å². The first-order valence-corrected chi connectivity index (χ1v) is 7.32. The SMILES string of the molecule is COCCNCCCNCc1cc(=O)[nH]c2ccccc12. The highest BCUT2D eigenvalue weighted by Crippen LogP contribution is 2.13. The molecule has 21 heavy (non-hydrogen) atoms. The van der Waals surface area contributed by atoms with Crippen LogP contribution < -0.4 is 16.2 Å². The number of hydrogen-bond acceptors (Lipinski definition) is 4. The number of fused-ring (bicyclic) bond motifs is 1.